The number of aliphatic hydroxyl groups is 1. The van der Waals surface area contributed by atoms with Crippen molar-refractivity contribution in [3.8, 4) is 5.75 Å². The largest absolute Gasteiger partial charge is 0.423 e. The Kier molecular flexibility index (Phi) is 6.47. The topological polar surface area (TPSA) is 49.8 Å². The van der Waals surface area contributed by atoms with E-state index in [0.29, 0.717) is 17.7 Å². The van der Waals surface area contributed by atoms with Crippen LogP contribution in [0.4, 0.5) is 4.39 Å². The summed E-state index contributed by atoms with van der Waals surface area (Å²) in [5, 5.41) is 11.5. The monoisotopic (exact) mass is 385 g/mol. The molecule has 2 unspecified atom stereocenters. The van der Waals surface area contributed by atoms with E-state index >= 15 is 0 Å². The van der Waals surface area contributed by atoms with Gasteiger partial charge in [-0.25, -0.2) is 9.18 Å². The SMILES string of the molecule is CN(C)CC1CCCCC1(O)c1cccc(OC(=O)c2ccccc2CF)c1. The van der Waals surface area contributed by atoms with Crippen molar-refractivity contribution in [1.29, 1.82) is 0 Å². The first-order chi connectivity index (χ1) is 13.4. The molecule has 0 amide bonds. The van der Waals surface area contributed by atoms with Gasteiger partial charge in [0, 0.05) is 12.5 Å². The predicted molar refractivity (Wildman–Crippen MR) is 107 cm³/mol. The number of carbonyl (C=O) groups is 1. The molecule has 2 aromatic carbocycles. The third kappa shape index (κ3) is 4.42. The van der Waals surface area contributed by atoms with Crippen molar-refractivity contribution in [2.75, 3.05) is 20.6 Å². The average molecular weight is 385 g/mol. The van der Waals surface area contributed by atoms with Crippen LogP contribution in [0, 0.1) is 5.92 Å². The molecular formula is C23H28FNO3. The summed E-state index contributed by atoms with van der Waals surface area (Å²) in [6.07, 6.45) is 3.72. The predicted octanol–water partition coefficient (Wildman–Crippen LogP) is 4.31. The Morgan fingerprint density at radius 2 is 2.00 bits per heavy atom. The molecule has 2 aromatic rings. The molecule has 150 valence electrons. The molecule has 0 spiro atoms. The molecule has 0 aromatic heterocycles. The van der Waals surface area contributed by atoms with E-state index in [9.17, 15) is 14.3 Å². The van der Waals surface area contributed by atoms with Crippen LogP contribution in [-0.4, -0.2) is 36.6 Å². The van der Waals surface area contributed by atoms with Crippen LogP contribution in [-0.2, 0) is 12.3 Å². The van der Waals surface area contributed by atoms with Gasteiger partial charge in [-0.1, -0.05) is 43.2 Å². The molecule has 1 fully saturated rings. The number of rotatable bonds is 6. The lowest BCUT2D eigenvalue weighted by molar-refractivity contribution is -0.0619. The minimum Gasteiger partial charge on any atom is -0.423 e. The van der Waals surface area contributed by atoms with Gasteiger partial charge in [-0.15, -0.1) is 0 Å². The molecule has 0 bridgehead atoms. The van der Waals surface area contributed by atoms with Crippen LogP contribution in [0.5, 0.6) is 5.75 Å². The van der Waals surface area contributed by atoms with Gasteiger partial charge in [0.2, 0.25) is 0 Å². The summed E-state index contributed by atoms with van der Waals surface area (Å²) in [7, 11) is 4.02. The zero-order chi connectivity index (χ0) is 20.1. The number of alkyl halides is 1. The number of nitrogens with zero attached hydrogens (tertiary/aromatic N) is 1. The first-order valence-corrected chi connectivity index (χ1v) is 9.77. The molecular weight excluding hydrogens is 357 g/mol. The number of benzene rings is 2. The van der Waals surface area contributed by atoms with Crippen molar-refractivity contribution >= 4 is 5.97 Å². The number of hydrogen-bond acceptors (Lipinski definition) is 4. The van der Waals surface area contributed by atoms with Crippen molar-refractivity contribution in [3.63, 3.8) is 0 Å². The van der Waals surface area contributed by atoms with Gasteiger partial charge in [0.15, 0.2) is 0 Å². The van der Waals surface area contributed by atoms with E-state index in [4.69, 9.17) is 4.74 Å². The second-order valence-corrected chi connectivity index (χ2v) is 7.84. The van der Waals surface area contributed by atoms with E-state index in [1.54, 1.807) is 42.5 Å². The van der Waals surface area contributed by atoms with Crippen molar-refractivity contribution in [2.45, 2.75) is 38.0 Å². The maximum Gasteiger partial charge on any atom is 0.343 e. The van der Waals surface area contributed by atoms with Gasteiger partial charge < -0.3 is 14.7 Å². The molecule has 0 saturated heterocycles. The Morgan fingerprint density at radius 1 is 1.21 bits per heavy atom. The fourth-order valence-corrected chi connectivity index (χ4v) is 4.12. The zero-order valence-electron chi connectivity index (χ0n) is 16.5. The summed E-state index contributed by atoms with van der Waals surface area (Å²) in [6.45, 7) is 0.0711. The molecule has 1 N–H and O–H groups in total. The molecule has 5 heteroatoms. The van der Waals surface area contributed by atoms with Crippen LogP contribution in [0.3, 0.4) is 0 Å². The Morgan fingerprint density at radius 3 is 2.75 bits per heavy atom. The fourth-order valence-electron chi connectivity index (χ4n) is 4.12. The first-order valence-electron chi connectivity index (χ1n) is 9.77. The molecule has 2 atom stereocenters. The van der Waals surface area contributed by atoms with Crippen molar-refractivity contribution in [1.82, 2.24) is 4.90 Å². The highest BCUT2D eigenvalue weighted by Crippen LogP contribution is 2.42. The molecule has 0 aliphatic heterocycles. The Bertz CT molecular complexity index is 823. The standard InChI is InChI=1S/C23H28FNO3/c1-25(2)16-19-9-5-6-13-23(19,27)18-10-7-11-20(14-18)28-22(26)21-12-4-3-8-17(21)15-24/h3-4,7-8,10-12,14,19,27H,5-6,9,13,15-16H2,1-2H3. The van der Waals surface area contributed by atoms with Gasteiger partial charge in [0.05, 0.1) is 11.2 Å². The number of halogens is 1. The quantitative estimate of drug-likeness (QED) is 0.594. The van der Waals surface area contributed by atoms with Crippen LogP contribution in [0.1, 0.15) is 47.2 Å². The van der Waals surface area contributed by atoms with Crippen LogP contribution in [0.2, 0.25) is 0 Å². The van der Waals surface area contributed by atoms with Gasteiger partial charge in [-0.05, 0) is 56.3 Å². The second kappa shape index (κ2) is 8.84. The van der Waals surface area contributed by atoms with Gasteiger partial charge in [-0.2, -0.15) is 0 Å². The molecule has 1 aliphatic carbocycles. The van der Waals surface area contributed by atoms with Gasteiger partial charge >= 0.3 is 5.97 Å². The van der Waals surface area contributed by atoms with Crippen LogP contribution in [0.15, 0.2) is 48.5 Å². The maximum absolute atomic E-state index is 13.1. The summed E-state index contributed by atoms with van der Waals surface area (Å²) in [5.41, 5.74) is 0.350. The lowest BCUT2D eigenvalue weighted by atomic mass is 9.71. The average Bonchev–Trinajstić information content (AvgIpc) is 2.69. The van der Waals surface area contributed by atoms with Crippen LogP contribution in [0.25, 0.3) is 0 Å². The maximum atomic E-state index is 13.1. The third-order valence-corrected chi connectivity index (χ3v) is 5.55. The molecule has 1 aliphatic rings. The summed E-state index contributed by atoms with van der Waals surface area (Å²) in [4.78, 5) is 14.6. The van der Waals surface area contributed by atoms with Crippen LogP contribution >= 0.6 is 0 Å². The number of hydrogen-bond donors (Lipinski definition) is 1. The molecule has 0 heterocycles. The fraction of sp³-hybridized carbons (Fsp3) is 0.435. The van der Waals surface area contributed by atoms with E-state index in [0.717, 1.165) is 31.4 Å². The highest BCUT2D eigenvalue weighted by molar-refractivity contribution is 5.92. The van der Waals surface area contributed by atoms with Crippen molar-refractivity contribution in [3.05, 3.63) is 65.2 Å². The molecule has 0 radical (unpaired) electrons. The summed E-state index contributed by atoms with van der Waals surface area (Å²) >= 11 is 0. The third-order valence-electron chi connectivity index (χ3n) is 5.55. The smallest absolute Gasteiger partial charge is 0.343 e. The number of carbonyl (C=O) groups excluding carboxylic acids is 1. The Balaban J connectivity index is 1.84. The summed E-state index contributed by atoms with van der Waals surface area (Å²) in [5.74, 6) is -0.112. The Hall–Kier alpha value is -2.24. The van der Waals surface area contributed by atoms with E-state index in [1.807, 2.05) is 20.2 Å². The summed E-state index contributed by atoms with van der Waals surface area (Å²) in [6, 6.07) is 13.6. The minimum atomic E-state index is -0.943. The lowest BCUT2D eigenvalue weighted by Crippen LogP contribution is -2.43. The highest BCUT2D eigenvalue weighted by Gasteiger charge is 2.40. The first kappa shape index (κ1) is 20.5. The summed E-state index contributed by atoms with van der Waals surface area (Å²) < 4.78 is 18.7. The Labute approximate surface area is 165 Å². The van der Waals surface area contributed by atoms with Gasteiger partial charge in [0.1, 0.15) is 12.4 Å². The van der Waals surface area contributed by atoms with Gasteiger partial charge in [-0.3, -0.25) is 0 Å². The number of ether oxygens (including phenoxy) is 1. The van der Waals surface area contributed by atoms with E-state index in [1.165, 1.54) is 0 Å². The minimum absolute atomic E-state index is 0.120. The van der Waals surface area contributed by atoms with Gasteiger partial charge in [0.25, 0.3) is 0 Å². The number of esters is 1. The molecule has 1 saturated carbocycles. The van der Waals surface area contributed by atoms with E-state index < -0.39 is 18.2 Å². The molecule has 3 rings (SSSR count). The highest BCUT2D eigenvalue weighted by atomic mass is 19.1. The zero-order valence-corrected chi connectivity index (χ0v) is 16.5. The van der Waals surface area contributed by atoms with E-state index in [-0.39, 0.29) is 11.5 Å². The molecule has 28 heavy (non-hydrogen) atoms. The normalized spacial score (nSPS) is 22.2. The van der Waals surface area contributed by atoms with Crippen LogP contribution < -0.4 is 4.74 Å². The van der Waals surface area contributed by atoms with Crippen molar-refractivity contribution in [2.24, 2.45) is 5.92 Å². The molecule has 4 nitrogen and oxygen atoms in total. The second-order valence-electron chi connectivity index (χ2n) is 7.84. The van der Waals surface area contributed by atoms with E-state index in [2.05, 4.69) is 4.90 Å². The van der Waals surface area contributed by atoms with Crippen molar-refractivity contribution < 1.29 is 19.0 Å². The lowest BCUT2D eigenvalue weighted by Gasteiger charge is -2.41.